The lowest BCUT2D eigenvalue weighted by molar-refractivity contribution is 1.12. The van der Waals surface area contributed by atoms with Crippen molar-refractivity contribution in [2.75, 3.05) is 0 Å². The summed E-state index contributed by atoms with van der Waals surface area (Å²) < 4.78 is 4.82. The Labute approximate surface area is 321 Å². The molecular formula is C53H40N2. The normalized spacial score (nSPS) is 12.3. The molecular weight excluding hydrogens is 665 g/mol. The molecule has 262 valence electrons. The number of benzene rings is 8. The molecule has 0 bridgehead atoms. The number of nitrogens with zero attached hydrogens (tertiary/aromatic N) is 2. The van der Waals surface area contributed by atoms with Crippen LogP contribution in [-0.2, 0) is 19.3 Å². The molecule has 2 heteroatoms. The van der Waals surface area contributed by atoms with Crippen LogP contribution in [0.4, 0.5) is 0 Å². The van der Waals surface area contributed by atoms with E-state index in [-0.39, 0.29) is 0 Å². The molecule has 2 aromatic heterocycles. The Bertz CT molecular complexity index is 2900. The van der Waals surface area contributed by atoms with E-state index in [0.717, 1.165) is 19.3 Å². The summed E-state index contributed by atoms with van der Waals surface area (Å²) in [6.07, 6.45) is 3.05. The monoisotopic (exact) mass is 704 g/mol. The number of hydrogen-bond donors (Lipinski definition) is 0. The summed E-state index contributed by atoms with van der Waals surface area (Å²) in [7, 11) is 0. The highest BCUT2D eigenvalue weighted by atomic mass is 15.0. The van der Waals surface area contributed by atoms with Crippen LogP contribution >= 0.6 is 0 Å². The van der Waals surface area contributed by atoms with E-state index in [9.17, 15) is 0 Å². The molecule has 0 radical (unpaired) electrons. The van der Waals surface area contributed by atoms with Crippen LogP contribution in [0.2, 0.25) is 0 Å². The van der Waals surface area contributed by atoms with Gasteiger partial charge < -0.3 is 9.13 Å². The molecule has 0 N–H and O–H groups in total. The molecule has 0 fully saturated rings. The Morgan fingerprint density at radius 1 is 0.364 bits per heavy atom. The molecule has 10 aromatic rings. The van der Waals surface area contributed by atoms with Gasteiger partial charge in [0.25, 0.3) is 0 Å². The average molecular weight is 705 g/mol. The van der Waals surface area contributed by atoms with Gasteiger partial charge in [-0.1, -0.05) is 111 Å². The van der Waals surface area contributed by atoms with E-state index in [1.54, 1.807) is 0 Å². The first-order valence-corrected chi connectivity index (χ1v) is 19.7. The lowest BCUT2D eigenvalue weighted by Gasteiger charge is -2.11. The highest BCUT2D eigenvalue weighted by Gasteiger charge is 2.21. The highest BCUT2D eigenvalue weighted by Crippen LogP contribution is 2.43. The molecule has 2 heterocycles. The number of rotatable bonds is 6. The maximum absolute atomic E-state index is 2.43. The summed E-state index contributed by atoms with van der Waals surface area (Å²) in [4.78, 5) is 0. The largest absolute Gasteiger partial charge is 0.309 e. The first-order chi connectivity index (χ1) is 27.1. The Morgan fingerprint density at radius 2 is 0.745 bits per heavy atom. The number of para-hydroxylation sites is 2. The SMILES string of the molecule is CCc1ccc(-n2c3ccccc3c3cc(-c4ccc5c(c4)-c4cc(-c6ccc7c(c6)c6ccccc6n7-c6ccc(CC)cc6)ccc4C5)ccc32)cc1. The van der Waals surface area contributed by atoms with Crippen molar-refractivity contribution in [2.45, 2.75) is 33.1 Å². The van der Waals surface area contributed by atoms with Crippen LogP contribution in [0.5, 0.6) is 0 Å². The summed E-state index contributed by atoms with van der Waals surface area (Å²) in [5, 5.41) is 5.13. The zero-order chi connectivity index (χ0) is 36.6. The van der Waals surface area contributed by atoms with Crippen molar-refractivity contribution < 1.29 is 0 Å². The molecule has 0 atom stereocenters. The first kappa shape index (κ1) is 31.8. The van der Waals surface area contributed by atoms with Gasteiger partial charge in [-0.05, 0) is 148 Å². The van der Waals surface area contributed by atoms with Crippen molar-refractivity contribution in [2.24, 2.45) is 0 Å². The van der Waals surface area contributed by atoms with Crippen LogP contribution in [0.25, 0.3) is 88.4 Å². The minimum Gasteiger partial charge on any atom is -0.309 e. The predicted octanol–water partition coefficient (Wildman–Crippen LogP) is 13.9. The molecule has 1 aliphatic rings. The molecule has 0 saturated carbocycles. The third kappa shape index (κ3) is 5.02. The van der Waals surface area contributed by atoms with Crippen molar-refractivity contribution in [3.63, 3.8) is 0 Å². The minimum absolute atomic E-state index is 0.970. The van der Waals surface area contributed by atoms with Crippen LogP contribution in [0.1, 0.15) is 36.1 Å². The fourth-order valence-electron chi connectivity index (χ4n) is 9.15. The molecule has 8 aromatic carbocycles. The number of hydrogen-bond acceptors (Lipinski definition) is 0. The summed E-state index contributed by atoms with van der Waals surface area (Å²) >= 11 is 0. The Hall–Kier alpha value is -6.64. The number of fused-ring (bicyclic) bond motifs is 9. The van der Waals surface area contributed by atoms with E-state index in [4.69, 9.17) is 0 Å². The standard InChI is InChI=1S/C53H40N2/c1-3-34-13-23-42(24-14-34)54-50-11-7-5-9-44(50)48-32-38(21-27-52(48)54)36-17-19-40-29-41-20-18-37(31-47(41)46(40)30-36)39-22-28-53-49(33-39)45-10-6-8-12-51(45)55(53)43-25-15-35(4-2)16-26-43/h5-28,30-33H,3-4,29H2,1-2H3. The molecule has 0 amide bonds. The van der Waals surface area contributed by atoms with E-state index in [0.29, 0.717) is 0 Å². The fraction of sp³-hybridized carbons (Fsp3) is 0.0943. The predicted molar refractivity (Wildman–Crippen MR) is 233 cm³/mol. The fourth-order valence-corrected chi connectivity index (χ4v) is 9.15. The van der Waals surface area contributed by atoms with Crippen LogP contribution in [-0.4, -0.2) is 9.13 Å². The van der Waals surface area contributed by atoms with E-state index in [1.807, 2.05) is 0 Å². The summed E-state index contributed by atoms with van der Waals surface area (Å²) in [6.45, 7) is 4.42. The zero-order valence-electron chi connectivity index (χ0n) is 31.2. The van der Waals surface area contributed by atoms with Gasteiger partial charge in [0.15, 0.2) is 0 Å². The van der Waals surface area contributed by atoms with Crippen molar-refractivity contribution in [3.8, 4) is 44.8 Å². The van der Waals surface area contributed by atoms with Gasteiger partial charge in [-0.2, -0.15) is 0 Å². The summed E-state index contributed by atoms with van der Waals surface area (Å²) in [5.41, 5.74) is 20.6. The van der Waals surface area contributed by atoms with Gasteiger partial charge in [-0.25, -0.2) is 0 Å². The quantitative estimate of drug-likeness (QED) is 0.163. The van der Waals surface area contributed by atoms with Crippen LogP contribution in [0.3, 0.4) is 0 Å². The Kier molecular flexibility index (Phi) is 7.22. The van der Waals surface area contributed by atoms with Gasteiger partial charge >= 0.3 is 0 Å². The molecule has 0 saturated heterocycles. The van der Waals surface area contributed by atoms with E-state index in [1.165, 1.54) is 111 Å². The smallest absolute Gasteiger partial charge is 0.0541 e. The van der Waals surface area contributed by atoms with Crippen LogP contribution < -0.4 is 0 Å². The number of aryl methyl sites for hydroxylation is 2. The second-order valence-corrected chi connectivity index (χ2v) is 15.1. The van der Waals surface area contributed by atoms with Gasteiger partial charge in [0.1, 0.15) is 0 Å². The lowest BCUT2D eigenvalue weighted by atomic mass is 9.95. The molecule has 0 spiro atoms. The second kappa shape index (κ2) is 12.5. The molecule has 55 heavy (non-hydrogen) atoms. The van der Waals surface area contributed by atoms with Gasteiger partial charge in [0.2, 0.25) is 0 Å². The molecule has 0 unspecified atom stereocenters. The lowest BCUT2D eigenvalue weighted by Crippen LogP contribution is -1.94. The van der Waals surface area contributed by atoms with Crippen molar-refractivity contribution >= 4 is 43.6 Å². The third-order valence-corrected chi connectivity index (χ3v) is 12.1. The maximum Gasteiger partial charge on any atom is 0.0541 e. The summed E-state index contributed by atoms with van der Waals surface area (Å²) in [6, 6.07) is 63.8. The van der Waals surface area contributed by atoms with Gasteiger partial charge in [-0.15, -0.1) is 0 Å². The first-order valence-electron chi connectivity index (χ1n) is 19.7. The topological polar surface area (TPSA) is 9.86 Å². The van der Waals surface area contributed by atoms with Crippen LogP contribution in [0.15, 0.2) is 170 Å². The minimum atomic E-state index is 0.970. The van der Waals surface area contributed by atoms with E-state index in [2.05, 4.69) is 193 Å². The van der Waals surface area contributed by atoms with Gasteiger partial charge in [-0.3, -0.25) is 0 Å². The second-order valence-electron chi connectivity index (χ2n) is 15.1. The molecule has 0 aliphatic heterocycles. The molecule has 11 rings (SSSR count). The maximum atomic E-state index is 2.43. The summed E-state index contributed by atoms with van der Waals surface area (Å²) in [5.74, 6) is 0. The van der Waals surface area contributed by atoms with Gasteiger partial charge in [0, 0.05) is 32.9 Å². The Balaban J connectivity index is 0.989. The van der Waals surface area contributed by atoms with Crippen molar-refractivity contribution in [3.05, 3.63) is 192 Å². The number of aromatic nitrogens is 2. The molecule has 1 aliphatic carbocycles. The van der Waals surface area contributed by atoms with Crippen molar-refractivity contribution in [1.29, 1.82) is 0 Å². The average Bonchev–Trinajstić information content (AvgIpc) is 3.90. The highest BCUT2D eigenvalue weighted by molar-refractivity contribution is 6.11. The van der Waals surface area contributed by atoms with Crippen LogP contribution in [0, 0.1) is 0 Å². The van der Waals surface area contributed by atoms with Crippen molar-refractivity contribution in [1.82, 2.24) is 9.13 Å². The van der Waals surface area contributed by atoms with E-state index < -0.39 is 0 Å². The van der Waals surface area contributed by atoms with Gasteiger partial charge in [0.05, 0.1) is 22.1 Å². The molecule has 2 nitrogen and oxygen atoms in total. The zero-order valence-corrected chi connectivity index (χ0v) is 31.2. The third-order valence-electron chi connectivity index (χ3n) is 12.1. The Morgan fingerprint density at radius 3 is 1.18 bits per heavy atom. The van der Waals surface area contributed by atoms with E-state index >= 15 is 0 Å².